The number of ether oxygens (including phenoxy) is 1. The lowest BCUT2D eigenvalue weighted by Crippen LogP contribution is -2.39. The van der Waals surface area contributed by atoms with Crippen molar-refractivity contribution in [3.8, 4) is 5.75 Å². The molecule has 0 aliphatic carbocycles. The molecule has 0 saturated heterocycles. The van der Waals surface area contributed by atoms with Crippen LogP contribution in [-0.4, -0.2) is 20.6 Å². The Morgan fingerprint density at radius 1 is 1.08 bits per heavy atom. The maximum atomic E-state index is 13.0. The Bertz CT molecular complexity index is 938. The Labute approximate surface area is 148 Å². The lowest BCUT2D eigenvalue weighted by molar-refractivity contribution is -0.274. The van der Waals surface area contributed by atoms with Gasteiger partial charge in [0, 0.05) is 6.42 Å². The number of alkyl halides is 3. The van der Waals surface area contributed by atoms with Crippen LogP contribution in [0.15, 0.2) is 58.4 Å². The number of hydrogen-bond acceptors (Lipinski definition) is 4. The van der Waals surface area contributed by atoms with Gasteiger partial charge in [0.25, 0.3) is 10.0 Å². The number of fused-ring (bicyclic) bond motifs is 1. The molecule has 9 heteroatoms. The second kappa shape index (κ2) is 6.64. The Balaban J connectivity index is 2.05. The smallest absolute Gasteiger partial charge is 0.406 e. The third kappa shape index (κ3) is 3.52. The number of amidine groups is 1. The van der Waals surface area contributed by atoms with Crippen molar-refractivity contribution in [3.05, 3.63) is 48.5 Å². The van der Waals surface area contributed by atoms with E-state index in [4.69, 9.17) is 0 Å². The summed E-state index contributed by atoms with van der Waals surface area (Å²) in [6.45, 7) is 1.88. The molecule has 0 N–H and O–H groups in total. The molecule has 0 spiro atoms. The number of aliphatic imine (C=N–C) groups is 1. The summed E-state index contributed by atoms with van der Waals surface area (Å²) in [5, 5.41) is 0. The summed E-state index contributed by atoms with van der Waals surface area (Å²) in [4.78, 5) is 4.47. The van der Waals surface area contributed by atoms with Gasteiger partial charge in [0.05, 0.1) is 11.4 Å². The molecule has 0 bridgehead atoms. The van der Waals surface area contributed by atoms with Gasteiger partial charge in [0.2, 0.25) is 0 Å². The number of para-hydroxylation sites is 1. The maximum absolute atomic E-state index is 13.0. The van der Waals surface area contributed by atoms with Crippen molar-refractivity contribution in [2.45, 2.75) is 31.0 Å². The molecule has 0 saturated carbocycles. The predicted octanol–water partition coefficient (Wildman–Crippen LogP) is 4.62. The van der Waals surface area contributed by atoms with E-state index in [2.05, 4.69) is 9.73 Å². The zero-order valence-corrected chi connectivity index (χ0v) is 14.5. The Kier molecular flexibility index (Phi) is 4.66. The van der Waals surface area contributed by atoms with Gasteiger partial charge in [-0.05, 0) is 42.8 Å². The lowest BCUT2D eigenvalue weighted by atomic mass is 10.2. The Morgan fingerprint density at radius 3 is 2.35 bits per heavy atom. The molecule has 1 heterocycles. The third-order valence-electron chi connectivity index (χ3n) is 3.65. The second-order valence-electron chi connectivity index (χ2n) is 5.56. The first kappa shape index (κ1) is 18.2. The van der Waals surface area contributed by atoms with Gasteiger partial charge >= 0.3 is 6.36 Å². The molecule has 0 atom stereocenters. The van der Waals surface area contributed by atoms with Crippen molar-refractivity contribution in [1.82, 2.24) is 0 Å². The summed E-state index contributed by atoms with van der Waals surface area (Å²) < 4.78 is 67.9. The van der Waals surface area contributed by atoms with Crippen LogP contribution in [-0.2, 0) is 10.0 Å². The highest BCUT2D eigenvalue weighted by Crippen LogP contribution is 2.37. The number of anilines is 1. The first-order chi connectivity index (χ1) is 12.2. The molecule has 1 aliphatic rings. The van der Waals surface area contributed by atoms with E-state index in [-0.39, 0.29) is 10.6 Å². The zero-order valence-electron chi connectivity index (χ0n) is 13.7. The van der Waals surface area contributed by atoms with Crippen LogP contribution in [0.5, 0.6) is 5.75 Å². The third-order valence-corrected chi connectivity index (χ3v) is 5.45. The number of halogens is 3. The van der Waals surface area contributed by atoms with Gasteiger partial charge in [-0.2, -0.15) is 0 Å². The van der Waals surface area contributed by atoms with Crippen LogP contribution < -0.4 is 9.04 Å². The van der Waals surface area contributed by atoms with Gasteiger partial charge in [-0.15, -0.1) is 13.2 Å². The van der Waals surface area contributed by atoms with E-state index >= 15 is 0 Å². The standard InChI is InChI=1S/C17H15F3N2O3S/c1-2-5-16-21-14-6-3-4-7-15(14)26(23,24)22(16)12-8-10-13(11-9-12)25-17(18,19)20/h3-4,6-11H,2,5H2,1H3. The largest absolute Gasteiger partial charge is 0.573 e. The molecule has 0 aromatic heterocycles. The summed E-state index contributed by atoms with van der Waals surface area (Å²) in [7, 11) is -3.92. The molecule has 0 unspecified atom stereocenters. The molecule has 2 aromatic rings. The molecular weight excluding hydrogens is 369 g/mol. The van der Waals surface area contributed by atoms with Crippen LogP contribution in [0.3, 0.4) is 0 Å². The van der Waals surface area contributed by atoms with E-state index in [1.54, 1.807) is 18.2 Å². The van der Waals surface area contributed by atoms with Gasteiger partial charge < -0.3 is 4.74 Å². The Morgan fingerprint density at radius 2 is 1.73 bits per heavy atom. The normalized spacial score (nSPS) is 16.0. The van der Waals surface area contributed by atoms with Crippen LogP contribution in [0.4, 0.5) is 24.5 Å². The lowest BCUT2D eigenvalue weighted by Gasteiger charge is -2.30. The molecule has 5 nitrogen and oxygen atoms in total. The van der Waals surface area contributed by atoms with E-state index in [0.29, 0.717) is 24.4 Å². The minimum atomic E-state index is -4.81. The molecule has 0 radical (unpaired) electrons. The fourth-order valence-corrected chi connectivity index (χ4v) is 4.28. The molecule has 2 aromatic carbocycles. The SMILES string of the molecule is CCCC1=Nc2ccccc2S(=O)(=O)N1c1ccc(OC(F)(F)F)cc1. The van der Waals surface area contributed by atoms with Gasteiger partial charge in [-0.3, -0.25) is 0 Å². The van der Waals surface area contributed by atoms with Gasteiger partial charge in [-0.1, -0.05) is 19.1 Å². The van der Waals surface area contributed by atoms with Crippen LogP contribution in [0, 0.1) is 0 Å². The highest BCUT2D eigenvalue weighted by Gasteiger charge is 2.35. The summed E-state index contributed by atoms with van der Waals surface area (Å²) in [6.07, 6.45) is -3.76. The van der Waals surface area contributed by atoms with Crippen molar-refractivity contribution in [1.29, 1.82) is 0 Å². The van der Waals surface area contributed by atoms with E-state index < -0.39 is 22.1 Å². The van der Waals surface area contributed by atoms with Crippen molar-refractivity contribution in [2.75, 3.05) is 4.31 Å². The highest BCUT2D eigenvalue weighted by atomic mass is 32.2. The first-order valence-corrected chi connectivity index (χ1v) is 9.24. The fraction of sp³-hybridized carbons (Fsp3) is 0.235. The maximum Gasteiger partial charge on any atom is 0.573 e. The van der Waals surface area contributed by atoms with Crippen molar-refractivity contribution in [3.63, 3.8) is 0 Å². The summed E-state index contributed by atoms with van der Waals surface area (Å²) in [5.74, 6) is -0.110. The van der Waals surface area contributed by atoms with E-state index in [1.807, 2.05) is 6.92 Å². The van der Waals surface area contributed by atoms with Gasteiger partial charge in [-0.25, -0.2) is 17.7 Å². The molecule has 0 amide bonds. The topological polar surface area (TPSA) is 59.0 Å². The van der Waals surface area contributed by atoms with E-state index in [1.165, 1.54) is 18.2 Å². The number of hydrogen-bond donors (Lipinski definition) is 0. The summed E-state index contributed by atoms with van der Waals surface area (Å²) >= 11 is 0. The molecule has 0 fully saturated rings. The molecule has 3 rings (SSSR count). The van der Waals surface area contributed by atoms with Gasteiger partial charge in [0.15, 0.2) is 0 Å². The van der Waals surface area contributed by atoms with Gasteiger partial charge in [0.1, 0.15) is 16.5 Å². The van der Waals surface area contributed by atoms with Crippen molar-refractivity contribution >= 4 is 27.2 Å². The number of rotatable bonds is 4. The number of benzene rings is 2. The van der Waals surface area contributed by atoms with Crippen LogP contribution in [0.25, 0.3) is 0 Å². The second-order valence-corrected chi connectivity index (χ2v) is 7.31. The first-order valence-electron chi connectivity index (χ1n) is 7.80. The fourth-order valence-electron chi connectivity index (χ4n) is 2.64. The minimum absolute atomic E-state index is 0.0514. The summed E-state index contributed by atoms with van der Waals surface area (Å²) in [5.41, 5.74) is 0.547. The predicted molar refractivity (Wildman–Crippen MR) is 91.2 cm³/mol. The van der Waals surface area contributed by atoms with E-state index in [9.17, 15) is 21.6 Å². The monoisotopic (exact) mass is 384 g/mol. The van der Waals surface area contributed by atoms with E-state index in [0.717, 1.165) is 16.4 Å². The molecule has 26 heavy (non-hydrogen) atoms. The quantitative estimate of drug-likeness (QED) is 0.773. The zero-order chi connectivity index (χ0) is 18.9. The average Bonchev–Trinajstić information content (AvgIpc) is 2.55. The van der Waals surface area contributed by atoms with Crippen molar-refractivity contribution in [2.24, 2.45) is 4.99 Å². The molecule has 1 aliphatic heterocycles. The van der Waals surface area contributed by atoms with Crippen LogP contribution in [0.1, 0.15) is 19.8 Å². The molecule has 138 valence electrons. The van der Waals surface area contributed by atoms with Crippen molar-refractivity contribution < 1.29 is 26.3 Å². The average molecular weight is 384 g/mol. The Hall–Kier alpha value is -2.55. The minimum Gasteiger partial charge on any atom is -0.406 e. The molecular formula is C17H15F3N2O3S. The van der Waals surface area contributed by atoms with Crippen LogP contribution in [0.2, 0.25) is 0 Å². The summed E-state index contributed by atoms with van der Waals surface area (Å²) in [6, 6.07) is 11.0. The number of nitrogens with zero attached hydrogens (tertiary/aromatic N) is 2. The highest BCUT2D eigenvalue weighted by molar-refractivity contribution is 7.93. The van der Waals surface area contributed by atoms with Crippen LogP contribution >= 0.6 is 0 Å². The number of sulfonamides is 1.